The third-order valence-corrected chi connectivity index (χ3v) is 7.05. The zero-order valence-electron chi connectivity index (χ0n) is 13.9. The number of amides is 1. The lowest BCUT2D eigenvalue weighted by Crippen LogP contribution is -2.50. The number of halogens is 1. The van der Waals surface area contributed by atoms with Crippen molar-refractivity contribution in [2.24, 2.45) is 0 Å². The fourth-order valence-corrected chi connectivity index (χ4v) is 5.33. The lowest BCUT2D eigenvalue weighted by Gasteiger charge is -2.34. The SMILES string of the molecule is O=C(c1ccnc(Cl)c1)N1CCN(S(=O)(=O)c2cccc3nsnc23)CC1. The predicted octanol–water partition coefficient (Wildman–Crippen LogP) is 1.89. The first-order valence-corrected chi connectivity index (χ1v) is 10.6. The number of nitrogens with zero attached hydrogens (tertiary/aromatic N) is 5. The molecule has 1 aliphatic rings. The summed E-state index contributed by atoms with van der Waals surface area (Å²) in [5.74, 6) is -0.192. The second kappa shape index (κ2) is 7.12. The van der Waals surface area contributed by atoms with Crippen LogP contribution in [0.3, 0.4) is 0 Å². The Morgan fingerprint density at radius 1 is 1.11 bits per heavy atom. The first-order chi connectivity index (χ1) is 13.0. The molecule has 140 valence electrons. The Morgan fingerprint density at radius 2 is 1.89 bits per heavy atom. The number of fused-ring (bicyclic) bond motifs is 1. The average molecular weight is 424 g/mol. The van der Waals surface area contributed by atoms with Gasteiger partial charge in [0.15, 0.2) is 0 Å². The van der Waals surface area contributed by atoms with E-state index in [-0.39, 0.29) is 29.0 Å². The van der Waals surface area contributed by atoms with Gasteiger partial charge in [0, 0.05) is 37.9 Å². The molecular formula is C16H14ClN5O3S2. The van der Waals surface area contributed by atoms with Crippen LogP contribution < -0.4 is 0 Å². The Hall–Kier alpha value is -2.14. The van der Waals surface area contributed by atoms with Crippen LogP contribution in [0, 0.1) is 0 Å². The molecule has 3 aromatic rings. The Balaban J connectivity index is 1.52. The molecule has 1 fully saturated rings. The fourth-order valence-electron chi connectivity index (χ4n) is 2.98. The normalized spacial score (nSPS) is 16.0. The van der Waals surface area contributed by atoms with Gasteiger partial charge in [0.25, 0.3) is 5.91 Å². The maximum atomic E-state index is 13.0. The first kappa shape index (κ1) is 18.2. The van der Waals surface area contributed by atoms with E-state index in [4.69, 9.17) is 11.6 Å². The quantitative estimate of drug-likeness (QED) is 0.597. The summed E-state index contributed by atoms with van der Waals surface area (Å²) in [5, 5.41) is 0.243. The molecule has 3 heterocycles. The van der Waals surface area contributed by atoms with Crippen LogP contribution in [0.4, 0.5) is 0 Å². The molecule has 0 unspecified atom stereocenters. The maximum absolute atomic E-state index is 13.0. The fraction of sp³-hybridized carbons (Fsp3) is 0.250. The van der Waals surface area contributed by atoms with Gasteiger partial charge >= 0.3 is 0 Å². The number of aromatic nitrogens is 3. The van der Waals surface area contributed by atoms with Crippen molar-refractivity contribution < 1.29 is 13.2 Å². The van der Waals surface area contributed by atoms with E-state index in [0.29, 0.717) is 29.7 Å². The summed E-state index contributed by atoms with van der Waals surface area (Å²) in [6.45, 7) is 1.01. The number of hydrogen-bond donors (Lipinski definition) is 0. The van der Waals surface area contributed by atoms with Gasteiger partial charge in [-0.15, -0.1) is 0 Å². The van der Waals surface area contributed by atoms with Crippen molar-refractivity contribution in [1.29, 1.82) is 0 Å². The van der Waals surface area contributed by atoms with Crippen molar-refractivity contribution in [3.8, 4) is 0 Å². The van der Waals surface area contributed by atoms with Crippen LogP contribution in [-0.2, 0) is 10.0 Å². The molecule has 0 aliphatic carbocycles. The maximum Gasteiger partial charge on any atom is 0.254 e. The molecule has 0 bridgehead atoms. The molecule has 2 aromatic heterocycles. The van der Waals surface area contributed by atoms with Crippen LogP contribution >= 0.6 is 23.3 Å². The van der Waals surface area contributed by atoms with Crippen LogP contribution in [0.2, 0.25) is 5.15 Å². The van der Waals surface area contributed by atoms with Crippen molar-refractivity contribution in [3.63, 3.8) is 0 Å². The van der Waals surface area contributed by atoms with E-state index in [1.54, 1.807) is 23.1 Å². The number of carbonyl (C=O) groups excluding carboxylic acids is 1. The van der Waals surface area contributed by atoms with E-state index in [9.17, 15) is 13.2 Å². The van der Waals surface area contributed by atoms with Crippen LogP contribution in [0.1, 0.15) is 10.4 Å². The molecule has 8 nitrogen and oxygen atoms in total. The minimum Gasteiger partial charge on any atom is -0.336 e. The van der Waals surface area contributed by atoms with Crippen molar-refractivity contribution in [2.75, 3.05) is 26.2 Å². The molecule has 0 radical (unpaired) electrons. The summed E-state index contributed by atoms with van der Waals surface area (Å²) in [6.07, 6.45) is 1.47. The van der Waals surface area contributed by atoms with Crippen molar-refractivity contribution in [2.45, 2.75) is 4.90 Å². The van der Waals surface area contributed by atoms with Crippen molar-refractivity contribution >= 4 is 50.3 Å². The molecule has 27 heavy (non-hydrogen) atoms. The van der Waals surface area contributed by atoms with Crippen LogP contribution in [-0.4, -0.2) is 63.4 Å². The number of piperazine rings is 1. The highest BCUT2D eigenvalue weighted by Crippen LogP contribution is 2.25. The summed E-state index contributed by atoms with van der Waals surface area (Å²) in [5.41, 5.74) is 1.38. The number of carbonyl (C=O) groups is 1. The third-order valence-electron chi connectivity index (χ3n) is 4.37. The lowest BCUT2D eigenvalue weighted by molar-refractivity contribution is 0.0698. The second-order valence-electron chi connectivity index (χ2n) is 5.95. The highest BCUT2D eigenvalue weighted by molar-refractivity contribution is 7.89. The van der Waals surface area contributed by atoms with Gasteiger partial charge in [-0.3, -0.25) is 4.79 Å². The van der Waals surface area contributed by atoms with E-state index in [2.05, 4.69) is 13.7 Å². The first-order valence-electron chi connectivity index (χ1n) is 8.09. The molecule has 1 aromatic carbocycles. The lowest BCUT2D eigenvalue weighted by atomic mass is 10.2. The predicted molar refractivity (Wildman–Crippen MR) is 101 cm³/mol. The zero-order chi connectivity index (χ0) is 19.0. The number of rotatable bonds is 3. The molecular weight excluding hydrogens is 410 g/mol. The Labute approximate surface area is 164 Å². The van der Waals surface area contributed by atoms with Gasteiger partial charge in [-0.2, -0.15) is 13.1 Å². The van der Waals surface area contributed by atoms with Gasteiger partial charge in [0.2, 0.25) is 10.0 Å². The average Bonchev–Trinajstić information content (AvgIpc) is 3.16. The van der Waals surface area contributed by atoms with E-state index >= 15 is 0 Å². The Morgan fingerprint density at radius 3 is 2.63 bits per heavy atom. The molecule has 1 amide bonds. The number of benzene rings is 1. The minimum absolute atomic E-state index is 0.148. The van der Waals surface area contributed by atoms with Gasteiger partial charge < -0.3 is 4.90 Å². The van der Waals surface area contributed by atoms with Gasteiger partial charge in [0.05, 0.1) is 11.7 Å². The molecule has 0 spiro atoms. The van der Waals surface area contributed by atoms with Crippen LogP contribution in [0.15, 0.2) is 41.4 Å². The van der Waals surface area contributed by atoms with Crippen molar-refractivity contribution in [1.82, 2.24) is 22.9 Å². The number of sulfonamides is 1. The molecule has 11 heteroatoms. The minimum atomic E-state index is -3.71. The van der Waals surface area contributed by atoms with Gasteiger partial charge in [-0.1, -0.05) is 17.7 Å². The molecule has 1 saturated heterocycles. The highest BCUT2D eigenvalue weighted by Gasteiger charge is 2.32. The largest absolute Gasteiger partial charge is 0.336 e. The molecule has 1 aliphatic heterocycles. The smallest absolute Gasteiger partial charge is 0.254 e. The summed E-state index contributed by atoms with van der Waals surface area (Å²) in [7, 11) is -3.71. The molecule has 0 N–H and O–H groups in total. The van der Waals surface area contributed by atoms with Gasteiger partial charge in [-0.05, 0) is 24.3 Å². The van der Waals surface area contributed by atoms with E-state index < -0.39 is 10.0 Å². The topological polar surface area (TPSA) is 96.4 Å². The van der Waals surface area contributed by atoms with Crippen LogP contribution in [0.25, 0.3) is 11.0 Å². The molecule has 0 atom stereocenters. The molecule has 0 saturated carbocycles. The van der Waals surface area contributed by atoms with Gasteiger partial charge in [0.1, 0.15) is 21.1 Å². The summed E-state index contributed by atoms with van der Waals surface area (Å²) < 4.78 is 35.6. The zero-order valence-corrected chi connectivity index (χ0v) is 16.3. The van der Waals surface area contributed by atoms with Crippen LogP contribution in [0.5, 0.6) is 0 Å². The monoisotopic (exact) mass is 423 g/mol. The standard InChI is InChI=1S/C16H14ClN5O3S2/c17-14-10-11(4-5-18-14)16(23)21-6-8-22(9-7-21)27(24,25)13-3-1-2-12-15(13)20-26-19-12/h1-5,10H,6-9H2. The highest BCUT2D eigenvalue weighted by atomic mass is 35.5. The molecule has 4 rings (SSSR count). The Bertz CT molecular complexity index is 1110. The summed E-state index contributed by atoms with van der Waals surface area (Å²) in [4.78, 5) is 18.2. The van der Waals surface area contributed by atoms with Gasteiger partial charge in [-0.25, -0.2) is 13.4 Å². The summed E-state index contributed by atoms with van der Waals surface area (Å²) >= 11 is 6.82. The van der Waals surface area contributed by atoms with E-state index in [1.165, 1.54) is 22.6 Å². The number of pyridine rings is 1. The second-order valence-corrected chi connectivity index (χ2v) is 8.77. The van der Waals surface area contributed by atoms with Crippen molar-refractivity contribution in [3.05, 3.63) is 47.2 Å². The number of hydrogen-bond acceptors (Lipinski definition) is 7. The van der Waals surface area contributed by atoms with E-state index in [0.717, 1.165) is 11.7 Å². The Kier molecular flexibility index (Phi) is 4.81. The summed E-state index contributed by atoms with van der Waals surface area (Å²) in [6, 6.07) is 8.02. The van der Waals surface area contributed by atoms with E-state index in [1.807, 2.05) is 0 Å². The third kappa shape index (κ3) is 3.41.